The van der Waals surface area contributed by atoms with Gasteiger partial charge in [-0.05, 0) is 6.92 Å². The minimum atomic E-state index is -0.489. The highest BCUT2D eigenvalue weighted by Crippen LogP contribution is 1.90. The molecule has 1 unspecified atom stereocenters. The van der Waals surface area contributed by atoms with Gasteiger partial charge in [0.1, 0.15) is 24.6 Å². The van der Waals surface area contributed by atoms with Crippen molar-refractivity contribution < 1.29 is 4.74 Å². The Bertz CT molecular complexity index is 190. The molecule has 0 amide bonds. The van der Waals surface area contributed by atoms with Gasteiger partial charge in [-0.1, -0.05) is 0 Å². The monoisotopic (exact) mass is 137 g/mol. The SMILES string of the molecule is CC(N)OC=C(C#N)C#N. The average Bonchev–Trinajstić information content (AvgIpc) is 1.90. The molecule has 2 N–H and O–H groups in total. The number of nitriles is 2. The molecule has 0 bridgehead atoms. The zero-order chi connectivity index (χ0) is 7.98. The highest BCUT2D eigenvalue weighted by Gasteiger charge is 1.92. The van der Waals surface area contributed by atoms with Crippen molar-refractivity contribution in [3.63, 3.8) is 0 Å². The Morgan fingerprint density at radius 1 is 1.60 bits per heavy atom. The van der Waals surface area contributed by atoms with E-state index in [0.29, 0.717) is 0 Å². The minimum absolute atomic E-state index is 0.0858. The van der Waals surface area contributed by atoms with Gasteiger partial charge in [0, 0.05) is 0 Å². The Kier molecular flexibility index (Phi) is 3.70. The lowest BCUT2D eigenvalue weighted by molar-refractivity contribution is 0.167. The van der Waals surface area contributed by atoms with E-state index in [1.54, 1.807) is 19.1 Å². The normalized spacial score (nSPS) is 10.4. The van der Waals surface area contributed by atoms with Crippen LogP contribution in [0.4, 0.5) is 0 Å². The molecular formula is C6H7N3O. The summed E-state index contributed by atoms with van der Waals surface area (Å²) in [5.41, 5.74) is 5.08. The molecule has 0 heterocycles. The predicted molar refractivity (Wildman–Crippen MR) is 34.0 cm³/mol. The van der Waals surface area contributed by atoms with Crippen molar-refractivity contribution in [1.29, 1.82) is 10.5 Å². The van der Waals surface area contributed by atoms with E-state index in [4.69, 9.17) is 16.3 Å². The van der Waals surface area contributed by atoms with Crippen LogP contribution in [0.5, 0.6) is 0 Å². The van der Waals surface area contributed by atoms with Crippen molar-refractivity contribution in [3.05, 3.63) is 11.8 Å². The smallest absolute Gasteiger partial charge is 0.164 e. The van der Waals surface area contributed by atoms with Gasteiger partial charge in [-0.15, -0.1) is 0 Å². The van der Waals surface area contributed by atoms with E-state index < -0.39 is 6.23 Å². The first kappa shape index (κ1) is 8.48. The zero-order valence-corrected chi connectivity index (χ0v) is 5.53. The molecule has 0 saturated carbocycles. The molecule has 0 aliphatic rings. The maximum Gasteiger partial charge on any atom is 0.164 e. The molecular weight excluding hydrogens is 130 g/mol. The first-order valence-corrected chi connectivity index (χ1v) is 2.62. The third kappa shape index (κ3) is 3.48. The van der Waals surface area contributed by atoms with Gasteiger partial charge in [-0.2, -0.15) is 10.5 Å². The molecule has 10 heavy (non-hydrogen) atoms. The molecule has 0 rings (SSSR count). The molecule has 0 aliphatic carbocycles. The van der Waals surface area contributed by atoms with Gasteiger partial charge in [0.05, 0.1) is 0 Å². The molecule has 0 aromatic rings. The molecule has 4 heteroatoms. The maximum atomic E-state index is 8.18. The van der Waals surface area contributed by atoms with Crippen LogP contribution in [-0.4, -0.2) is 6.23 Å². The van der Waals surface area contributed by atoms with Crippen molar-refractivity contribution >= 4 is 0 Å². The highest BCUT2D eigenvalue weighted by atomic mass is 16.5. The topological polar surface area (TPSA) is 82.8 Å². The van der Waals surface area contributed by atoms with E-state index in [2.05, 4.69) is 4.74 Å². The lowest BCUT2D eigenvalue weighted by Crippen LogP contribution is -2.16. The van der Waals surface area contributed by atoms with Crippen LogP contribution in [0.3, 0.4) is 0 Å². The summed E-state index contributed by atoms with van der Waals surface area (Å²) in [4.78, 5) is 0. The van der Waals surface area contributed by atoms with Crippen LogP contribution in [0.25, 0.3) is 0 Å². The molecule has 0 radical (unpaired) electrons. The van der Waals surface area contributed by atoms with Gasteiger partial charge in [0.15, 0.2) is 5.57 Å². The van der Waals surface area contributed by atoms with Gasteiger partial charge >= 0.3 is 0 Å². The van der Waals surface area contributed by atoms with Crippen LogP contribution in [-0.2, 0) is 4.74 Å². The van der Waals surface area contributed by atoms with E-state index in [-0.39, 0.29) is 5.57 Å². The Morgan fingerprint density at radius 3 is 2.40 bits per heavy atom. The summed E-state index contributed by atoms with van der Waals surface area (Å²) in [6.07, 6.45) is 0.557. The molecule has 0 saturated heterocycles. The second-order valence-corrected chi connectivity index (χ2v) is 1.60. The number of nitrogens with zero attached hydrogens (tertiary/aromatic N) is 2. The number of ether oxygens (including phenoxy) is 1. The van der Waals surface area contributed by atoms with Gasteiger partial charge in [-0.25, -0.2) is 0 Å². The molecule has 0 aliphatic heterocycles. The van der Waals surface area contributed by atoms with Crippen LogP contribution >= 0.6 is 0 Å². The van der Waals surface area contributed by atoms with Crippen LogP contribution in [0, 0.1) is 22.7 Å². The van der Waals surface area contributed by atoms with Crippen molar-refractivity contribution in [1.82, 2.24) is 0 Å². The van der Waals surface area contributed by atoms with E-state index in [1.165, 1.54) is 0 Å². The number of hydrogen-bond acceptors (Lipinski definition) is 4. The van der Waals surface area contributed by atoms with Crippen molar-refractivity contribution in [2.45, 2.75) is 13.2 Å². The van der Waals surface area contributed by atoms with Crippen LogP contribution in [0.15, 0.2) is 11.8 Å². The number of nitrogens with two attached hydrogens (primary N) is 1. The third-order valence-electron chi connectivity index (χ3n) is 0.641. The Hall–Kier alpha value is -1.52. The maximum absolute atomic E-state index is 8.18. The minimum Gasteiger partial charge on any atom is -0.481 e. The second-order valence-electron chi connectivity index (χ2n) is 1.60. The Morgan fingerprint density at radius 2 is 2.10 bits per heavy atom. The summed E-state index contributed by atoms with van der Waals surface area (Å²) in [5.74, 6) is 0. The fraction of sp³-hybridized carbons (Fsp3) is 0.333. The molecule has 0 fully saturated rings. The quantitative estimate of drug-likeness (QED) is 0.335. The first-order valence-electron chi connectivity index (χ1n) is 2.62. The Balaban J connectivity index is 3.94. The largest absolute Gasteiger partial charge is 0.481 e. The van der Waals surface area contributed by atoms with Crippen LogP contribution in [0.1, 0.15) is 6.92 Å². The summed E-state index contributed by atoms with van der Waals surface area (Å²) < 4.78 is 4.66. The van der Waals surface area contributed by atoms with E-state index in [1.807, 2.05) is 0 Å². The summed E-state index contributed by atoms with van der Waals surface area (Å²) in [6, 6.07) is 3.25. The standard InChI is InChI=1S/C6H7N3O/c1-5(9)10-4-6(2-7)3-8/h4-5H,9H2,1H3. The fourth-order valence-electron chi connectivity index (χ4n) is 0.253. The Labute approximate surface area is 59.1 Å². The molecule has 1 atom stereocenters. The third-order valence-corrected chi connectivity index (χ3v) is 0.641. The highest BCUT2D eigenvalue weighted by molar-refractivity contribution is 5.33. The second kappa shape index (κ2) is 4.37. The van der Waals surface area contributed by atoms with E-state index in [0.717, 1.165) is 6.26 Å². The molecule has 52 valence electrons. The molecule has 0 aromatic carbocycles. The summed E-state index contributed by atoms with van der Waals surface area (Å²) in [6.45, 7) is 1.60. The lowest BCUT2D eigenvalue weighted by atomic mass is 10.4. The van der Waals surface area contributed by atoms with Gasteiger partial charge < -0.3 is 4.74 Å². The van der Waals surface area contributed by atoms with Crippen molar-refractivity contribution in [3.8, 4) is 12.1 Å². The average molecular weight is 137 g/mol. The molecule has 0 aromatic heterocycles. The van der Waals surface area contributed by atoms with Crippen LogP contribution in [0.2, 0.25) is 0 Å². The zero-order valence-electron chi connectivity index (χ0n) is 5.53. The number of hydrogen-bond donors (Lipinski definition) is 1. The van der Waals surface area contributed by atoms with Gasteiger partial charge in [-0.3, -0.25) is 5.73 Å². The summed E-state index contributed by atoms with van der Waals surface area (Å²) in [7, 11) is 0. The van der Waals surface area contributed by atoms with Crippen molar-refractivity contribution in [2.75, 3.05) is 0 Å². The summed E-state index contributed by atoms with van der Waals surface area (Å²) >= 11 is 0. The van der Waals surface area contributed by atoms with E-state index >= 15 is 0 Å². The van der Waals surface area contributed by atoms with E-state index in [9.17, 15) is 0 Å². The summed E-state index contributed by atoms with van der Waals surface area (Å²) in [5, 5.41) is 16.4. The first-order chi connectivity index (χ1) is 4.70. The number of allylic oxidation sites excluding steroid dienone is 1. The van der Waals surface area contributed by atoms with Gasteiger partial charge in [0.25, 0.3) is 0 Å². The number of rotatable bonds is 2. The molecule has 0 spiro atoms. The van der Waals surface area contributed by atoms with Crippen molar-refractivity contribution in [2.24, 2.45) is 5.73 Å². The van der Waals surface area contributed by atoms with Crippen LogP contribution < -0.4 is 5.73 Å². The predicted octanol–water partition coefficient (Wildman–Crippen LogP) is 0.239. The fourth-order valence-corrected chi connectivity index (χ4v) is 0.253. The lowest BCUT2D eigenvalue weighted by Gasteiger charge is -2.01. The molecule has 4 nitrogen and oxygen atoms in total. The van der Waals surface area contributed by atoms with Gasteiger partial charge in [0.2, 0.25) is 0 Å².